The lowest BCUT2D eigenvalue weighted by molar-refractivity contribution is 0.129. The van der Waals surface area contributed by atoms with Crippen molar-refractivity contribution in [3.63, 3.8) is 0 Å². The van der Waals surface area contributed by atoms with Crippen molar-refractivity contribution in [2.45, 2.75) is 25.8 Å². The zero-order chi connectivity index (χ0) is 20.4. The maximum Gasteiger partial charge on any atom is 0.415 e. The fourth-order valence-corrected chi connectivity index (χ4v) is 3.34. The number of piperidine rings is 1. The topological polar surface area (TPSA) is 73.1 Å². The summed E-state index contributed by atoms with van der Waals surface area (Å²) in [5.41, 5.74) is 1.39. The summed E-state index contributed by atoms with van der Waals surface area (Å²) >= 11 is 0. The van der Waals surface area contributed by atoms with Gasteiger partial charge in [0, 0.05) is 30.9 Å². The minimum atomic E-state index is -0.662. The van der Waals surface area contributed by atoms with E-state index >= 15 is 0 Å². The van der Waals surface area contributed by atoms with Crippen molar-refractivity contribution >= 4 is 6.09 Å². The van der Waals surface area contributed by atoms with E-state index in [1.165, 1.54) is 12.1 Å². The second kappa shape index (κ2) is 7.94. The Morgan fingerprint density at radius 1 is 1.17 bits per heavy atom. The molecular weight excluding hydrogens is 380 g/mol. The molecule has 1 aromatic carbocycles. The van der Waals surface area contributed by atoms with E-state index in [0.29, 0.717) is 48.6 Å². The molecule has 3 heterocycles. The van der Waals surface area contributed by atoms with Crippen LogP contribution in [0, 0.1) is 18.6 Å². The Morgan fingerprint density at radius 2 is 1.90 bits per heavy atom. The van der Waals surface area contributed by atoms with E-state index in [-0.39, 0.29) is 6.04 Å². The number of benzene rings is 1. The van der Waals surface area contributed by atoms with Gasteiger partial charge in [0.1, 0.15) is 17.3 Å². The van der Waals surface area contributed by atoms with E-state index in [1.54, 1.807) is 41.0 Å². The number of rotatable bonds is 3. The fraction of sp³-hybridized carbons (Fsp3) is 0.300. The summed E-state index contributed by atoms with van der Waals surface area (Å²) in [6, 6.07) is 6.72. The molecule has 3 aromatic rings. The second-order valence-corrected chi connectivity index (χ2v) is 6.92. The summed E-state index contributed by atoms with van der Waals surface area (Å²) < 4.78 is 34.0. The van der Waals surface area contributed by atoms with Crippen LogP contribution >= 0.6 is 0 Å². The third-order valence-corrected chi connectivity index (χ3v) is 4.92. The van der Waals surface area contributed by atoms with E-state index in [1.807, 2.05) is 0 Å². The zero-order valence-corrected chi connectivity index (χ0v) is 15.8. The van der Waals surface area contributed by atoms with Crippen LogP contribution in [0.25, 0.3) is 11.3 Å². The molecule has 0 spiro atoms. The molecule has 4 rings (SSSR count). The Labute approximate surface area is 165 Å². The number of carbonyl (C=O) groups excluding carboxylic acids is 1. The molecule has 0 unspecified atom stereocenters. The van der Waals surface area contributed by atoms with Crippen LogP contribution in [-0.4, -0.2) is 44.1 Å². The third kappa shape index (κ3) is 4.23. The van der Waals surface area contributed by atoms with Crippen molar-refractivity contribution in [2.24, 2.45) is 0 Å². The van der Waals surface area contributed by atoms with Crippen molar-refractivity contribution in [1.82, 2.24) is 24.9 Å². The van der Waals surface area contributed by atoms with Gasteiger partial charge in [-0.1, -0.05) is 5.21 Å². The first kappa shape index (κ1) is 19.0. The van der Waals surface area contributed by atoms with E-state index in [0.717, 1.165) is 6.07 Å². The standard InChI is InChI=1S/C20H19F2N5O2/c1-13-19(3-2-6-23-13)29-20(28)26-7-4-17(5-8-26)27-12-18(24-25-27)14-9-15(21)11-16(22)10-14/h2-3,6,9-12,17H,4-5,7-8H2,1H3. The number of carbonyl (C=O) groups is 1. The Hall–Kier alpha value is -3.36. The number of hydrogen-bond acceptors (Lipinski definition) is 5. The molecule has 0 aliphatic carbocycles. The molecule has 0 atom stereocenters. The van der Waals surface area contributed by atoms with Gasteiger partial charge in [-0.3, -0.25) is 4.98 Å². The molecule has 1 aliphatic rings. The Bertz CT molecular complexity index is 1010. The maximum atomic E-state index is 13.4. The molecule has 2 aromatic heterocycles. The Kier molecular flexibility index (Phi) is 5.20. The molecule has 7 nitrogen and oxygen atoms in total. The summed E-state index contributed by atoms with van der Waals surface area (Å²) in [4.78, 5) is 18.1. The second-order valence-electron chi connectivity index (χ2n) is 6.92. The zero-order valence-electron chi connectivity index (χ0n) is 15.8. The molecule has 1 amide bonds. The van der Waals surface area contributed by atoms with Crippen LogP contribution in [0.3, 0.4) is 0 Å². The first-order valence-electron chi connectivity index (χ1n) is 9.26. The monoisotopic (exact) mass is 399 g/mol. The van der Waals surface area contributed by atoms with Gasteiger partial charge in [-0.15, -0.1) is 5.10 Å². The Morgan fingerprint density at radius 3 is 2.59 bits per heavy atom. The highest BCUT2D eigenvalue weighted by molar-refractivity contribution is 5.71. The average Bonchev–Trinajstić information content (AvgIpc) is 3.19. The van der Waals surface area contributed by atoms with Crippen LogP contribution < -0.4 is 4.74 Å². The van der Waals surface area contributed by atoms with Crippen LogP contribution in [0.15, 0.2) is 42.7 Å². The van der Waals surface area contributed by atoms with E-state index in [4.69, 9.17) is 4.74 Å². The molecule has 0 saturated carbocycles. The fourth-order valence-electron chi connectivity index (χ4n) is 3.34. The van der Waals surface area contributed by atoms with Gasteiger partial charge in [0.2, 0.25) is 0 Å². The van der Waals surface area contributed by atoms with Gasteiger partial charge in [0.05, 0.1) is 17.9 Å². The largest absolute Gasteiger partial charge is 0.415 e. The molecule has 150 valence electrons. The predicted octanol–water partition coefficient (Wildman–Crippen LogP) is 3.76. The van der Waals surface area contributed by atoms with Gasteiger partial charge >= 0.3 is 6.09 Å². The van der Waals surface area contributed by atoms with Gasteiger partial charge < -0.3 is 9.64 Å². The van der Waals surface area contributed by atoms with E-state index in [9.17, 15) is 13.6 Å². The SMILES string of the molecule is Cc1ncccc1OC(=O)N1CCC(n2cc(-c3cc(F)cc(F)c3)nn2)CC1. The number of pyridine rings is 1. The van der Waals surface area contributed by atoms with Crippen molar-refractivity contribution < 1.29 is 18.3 Å². The van der Waals surface area contributed by atoms with Gasteiger partial charge in [0.15, 0.2) is 5.75 Å². The molecular formula is C20H19F2N5O2. The first-order chi connectivity index (χ1) is 14.0. The summed E-state index contributed by atoms with van der Waals surface area (Å²) in [7, 11) is 0. The highest BCUT2D eigenvalue weighted by atomic mass is 19.1. The molecule has 0 N–H and O–H groups in total. The lowest BCUT2D eigenvalue weighted by Gasteiger charge is -2.31. The van der Waals surface area contributed by atoms with Gasteiger partial charge in [-0.2, -0.15) is 0 Å². The Balaban J connectivity index is 1.38. The summed E-state index contributed by atoms with van der Waals surface area (Å²) in [5, 5.41) is 8.13. The smallest absolute Gasteiger partial charge is 0.408 e. The average molecular weight is 399 g/mol. The number of aromatic nitrogens is 4. The number of hydrogen-bond donors (Lipinski definition) is 0. The minimum absolute atomic E-state index is 0.0406. The number of amides is 1. The quantitative estimate of drug-likeness (QED) is 0.671. The van der Waals surface area contributed by atoms with Crippen molar-refractivity contribution in [3.05, 3.63) is 60.1 Å². The molecule has 1 fully saturated rings. The summed E-state index contributed by atoms with van der Waals surface area (Å²) in [6.45, 7) is 2.79. The first-order valence-corrected chi connectivity index (χ1v) is 9.26. The molecule has 0 bridgehead atoms. The van der Waals surface area contributed by atoms with Crippen LogP contribution in [0.1, 0.15) is 24.6 Å². The molecule has 29 heavy (non-hydrogen) atoms. The van der Waals surface area contributed by atoms with Crippen LogP contribution in [0.2, 0.25) is 0 Å². The third-order valence-electron chi connectivity index (χ3n) is 4.92. The van der Waals surface area contributed by atoms with Crippen LogP contribution in [0.4, 0.5) is 13.6 Å². The summed E-state index contributed by atoms with van der Waals surface area (Å²) in [6.07, 6.45) is 4.24. The van der Waals surface area contributed by atoms with E-state index < -0.39 is 17.7 Å². The van der Waals surface area contributed by atoms with Crippen molar-refractivity contribution in [2.75, 3.05) is 13.1 Å². The predicted molar refractivity (Wildman–Crippen MR) is 100 cm³/mol. The highest BCUT2D eigenvalue weighted by Gasteiger charge is 2.26. The minimum Gasteiger partial charge on any atom is -0.408 e. The lowest BCUT2D eigenvalue weighted by Crippen LogP contribution is -2.40. The van der Waals surface area contributed by atoms with Gasteiger partial charge in [0.25, 0.3) is 0 Å². The molecule has 9 heteroatoms. The van der Waals surface area contributed by atoms with Crippen molar-refractivity contribution in [1.29, 1.82) is 0 Å². The molecule has 1 aliphatic heterocycles. The normalized spacial score (nSPS) is 14.8. The maximum absolute atomic E-state index is 13.4. The van der Waals surface area contributed by atoms with Crippen LogP contribution in [0.5, 0.6) is 5.75 Å². The van der Waals surface area contributed by atoms with Gasteiger partial charge in [-0.05, 0) is 44.0 Å². The molecule has 0 radical (unpaired) electrons. The number of ether oxygens (including phenoxy) is 1. The van der Waals surface area contributed by atoms with Crippen LogP contribution in [-0.2, 0) is 0 Å². The highest BCUT2D eigenvalue weighted by Crippen LogP contribution is 2.26. The number of halogens is 2. The molecule has 1 saturated heterocycles. The summed E-state index contributed by atoms with van der Waals surface area (Å²) in [5.74, 6) is -0.877. The van der Waals surface area contributed by atoms with E-state index in [2.05, 4.69) is 15.3 Å². The lowest BCUT2D eigenvalue weighted by atomic mass is 10.1. The van der Waals surface area contributed by atoms with Gasteiger partial charge in [-0.25, -0.2) is 18.3 Å². The number of aryl methyl sites for hydroxylation is 1. The van der Waals surface area contributed by atoms with Crippen molar-refractivity contribution in [3.8, 4) is 17.0 Å². The number of likely N-dealkylation sites (tertiary alicyclic amines) is 1. The number of nitrogens with zero attached hydrogens (tertiary/aromatic N) is 5.